The minimum atomic E-state index is -0.497. The number of thiocarbonyl (C=S) groups is 1. The largest absolute Gasteiger partial charge is 0.302 e. The first-order valence-corrected chi connectivity index (χ1v) is 10.3. The SMILES string of the molecule is O=C1C(c2ccccc2)N(c2ccc(Br)cc2)C(=S)N1c1ccc(Br)cc1. The Morgan fingerprint density at radius 3 is 1.81 bits per heavy atom. The van der Waals surface area contributed by atoms with Crippen LogP contribution in [0.25, 0.3) is 0 Å². The molecule has 4 rings (SSSR count). The van der Waals surface area contributed by atoms with Crippen LogP contribution in [-0.4, -0.2) is 11.0 Å². The molecule has 0 radical (unpaired) electrons. The lowest BCUT2D eigenvalue weighted by Gasteiger charge is -2.24. The molecule has 0 saturated carbocycles. The van der Waals surface area contributed by atoms with Crippen molar-refractivity contribution in [3.05, 3.63) is 93.4 Å². The van der Waals surface area contributed by atoms with Gasteiger partial charge in [0.15, 0.2) is 5.11 Å². The number of rotatable bonds is 3. The van der Waals surface area contributed by atoms with E-state index in [0.29, 0.717) is 5.11 Å². The van der Waals surface area contributed by atoms with E-state index >= 15 is 0 Å². The Labute approximate surface area is 179 Å². The molecule has 1 heterocycles. The van der Waals surface area contributed by atoms with Crippen LogP contribution in [0, 0.1) is 0 Å². The second-order valence-corrected chi connectivity index (χ2v) is 8.29. The summed E-state index contributed by atoms with van der Waals surface area (Å²) in [6.07, 6.45) is 0. The molecular formula is C21H14Br2N2OS. The van der Waals surface area contributed by atoms with E-state index < -0.39 is 6.04 Å². The Morgan fingerprint density at radius 2 is 1.26 bits per heavy atom. The zero-order chi connectivity index (χ0) is 19.0. The lowest BCUT2D eigenvalue weighted by molar-refractivity contribution is -0.118. The summed E-state index contributed by atoms with van der Waals surface area (Å²) in [6, 6.07) is 24.7. The summed E-state index contributed by atoms with van der Waals surface area (Å²) in [5.41, 5.74) is 2.55. The van der Waals surface area contributed by atoms with Gasteiger partial charge in [0.2, 0.25) is 0 Å². The zero-order valence-corrected chi connectivity index (χ0v) is 18.0. The molecule has 0 N–H and O–H groups in total. The minimum absolute atomic E-state index is 0.0589. The molecule has 1 atom stereocenters. The molecule has 3 aromatic rings. The van der Waals surface area contributed by atoms with Crippen LogP contribution in [0.2, 0.25) is 0 Å². The average Bonchev–Trinajstić information content (AvgIpc) is 2.94. The maximum Gasteiger partial charge on any atom is 0.261 e. The van der Waals surface area contributed by atoms with Gasteiger partial charge in [-0.25, -0.2) is 0 Å². The average molecular weight is 502 g/mol. The van der Waals surface area contributed by atoms with Crippen molar-refractivity contribution in [3.8, 4) is 0 Å². The third-order valence-corrected chi connectivity index (χ3v) is 5.85. The third-order valence-electron chi connectivity index (χ3n) is 4.41. The Morgan fingerprint density at radius 1 is 0.741 bits per heavy atom. The highest BCUT2D eigenvalue weighted by molar-refractivity contribution is 9.10. The van der Waals surface area contributed by atoms with E-state index in [2.05, 4.69) is 31.9 Å². The first kappa shape index (κ1) is 18.3. The van der Waals surface area contributed by atoms with Crippen molar-refractivity contribution >= 4 is 66.5 Å². The topological polar surface area (TPSA) is 23.6 Å². The molecule has 1 aliphatic heterocycles. The van der Waals surface area contributed by atoms with Gasteiger partial charge < -0.3 is 4.90 Å². The quantitative estimate of drug-likeness (QED) is 0.405. The predicted octanol–water partition coefficient (Wildman–Crippen LogP) is 6.09. The second kappa shape index (κ2) is 7.54. The molecule has 3 nitrogen and oxygen atoms in total. The summed E-state index contributed by atoms with van der Waals surface area (Å²) in [5.74, 6) is -0.0589. The number of benzene rings is 3. The summed E-state index contributed by atoms with van der Waals surface area (Å²) in [7, 11) is 0. The summed E-state index contributed by atoms with van der Waals surface area (Å²) in [4.78, 5) is 17.0. The number of hydrogen-bond donors (Lipinski definition) is 0. The van der Waals surface area contributed by atoms with Crippen LogP contribution in [0.4, 0.5) is 11.4 Å². The number of nitrogens with zero attached hydrogens (tertiary/aromatic N) is 2. The molecular weight excluding hydrogens is 488 g/mol. The van der Waals surface area contributed by atoms with Gasteiger partial charge in [0.05, 0.1) is 5.69 Å². The lowest BCUT2D eigenvalue weighted by Crippen LogP contribution is -2.32. The predicted molar refractivity (Wildman–Crippen MR) is 120 cm³/mol. The van der Waals surface area contributed by atoms with E-state index in [9.17, 15) is 4.79 Å². The van der Waals surface area contributed by atoms with Gasteiger partial charge >= 0.3 is 0 Å². The molecule has 3 aromatic carbocycles. The highest BCUT2D eigenvalue weighted by atomic mass is 79.9. The molecule has 1 aliphatic rings. The number of hydrogen-bond acceptors (Lipinski definition) is 2. The maximum atomic E-state index is 13.4. The van der Waals surface area contributed by atoms with E-state index in [4.69, 9.17) is 12.2 Å². The van der Waals surface area contributed by atoms with Crippen LogP contribution in [0.3, 0.4) is 0 Å². The van der Waals surface area contributed by atoms with Gasteiger partial charge in [0.1, 0.15) is 6.04 Å². The number of carbonyl (C=O) groups excluding carboxylic acids is 1. The van der Waals surface area contributed by atoms with E-state index in [1.807, 2.05) is 83.8 Å². The standard InChI is InChI=1S/C21H14Br2N2OS/c22-15-6-10-17(11-7-15)24-19(14-4-2-1-3-5-14)20(26)25(21(24)27)18-12-8-16(23)9-13-18/h1-13,19H. The normalized spacial score (nSPS) is 16.9. The zero-order valence-electron chi connectivity index (χ0n) is 14.0. The number of amides is 1. The van der Waals surface area contributed by atoms with Crippen LogP contribution >= 0.6 is 44.1 Å². The van der Waals surface area contributed by atoms with Crippen molar-refractivity contribution in [1.29, 1.82) is 0 Å². The van der Waals surface area contributed by atoms with Gasteiger partial charge in [-0.2, -0.15) is 0 Å². The lowest BCUT2D eigenvalue weighted by atomic mass is 10.1. The molecule has 1 amide bonds. The molecule has 1 saturated heterocycles. The smallest absolute Gasteiger partial charge is 0.261 e. The van der Waals surface area contributed by atoms with E-state index in [0.717, 1.165) is 25.9 Å². The van der Waals surface area contributed by atoms with Crippen molar-refractivity contribution in [2.24, 2.45) is 0 Å². The fourth-order valence-corrected chi connectivity index (χ4v) is 4.10. The van der Waals surface area contributed by atoms with E-state index in [-0.39, 0.29) is 5.91 Å². The fraction of sp³-hybridized carbons (Fsp3) is 0.0476. The fourth-order valence-electron chi connectivity index (χ4n) is 3.16. The van der Waals surface area contributed by atoms with Gasteiger partial charge in [-0.1, -0.05) is 62.2 Å². The highest BCUT2D eigenvalue weighted by Crippen LogP contribution is 2.38. The summed E-state index contributed by atoms with van der Waals surface area (Å²) >= 11 is 12.7. The van der Waals surface area contributed by atoms with Crippen LogP contribution in [0.5, 0.6) is 0 Å². The summed E-state index contributed by atoms with van der Waals surface area (Å²) in [5, 5.41) is 0.471. The van der Waals surface area contributed by atoms with Gasteiger partial charge in [-0.05, 0) is 66.3 Å². The van der Waals surface area contributed by atoms with Gasteiger partial charge in [-0.3, -0.25) is 9.69 Å². The van der Waals surface area contributed by atoms with Crippen LogP contribution < -0.4 is 9.80 Å². The second-order valence-electron chi connectivity index (χ2n) is 6.09. The molecule has 0 aliphatic carbocycles. The Hall–Kier alpha value is -2.02. The monoisotopic (exact) mass is 500 g/mol. The molecule has 1 fully saturated rings. The first-order chi connectivity index (χ1) is 13.1. The van der Waals surface area contributed by atoms with Crippen molar-refractivity contribution in [3.63, 3.8) is 0 Å². The molecule has 134 valence electrons. The number of carbonyl (C=O) groups is 1. The van der Waals surface area contributed by atoms with Crippen LogP contribution in [0.1, 0.15) is 11.6 Å². The van der Waals surface area contributed by atoms with Gasteiger partial charge in [-0.15, -0.1) is 0 Å². The van der Waals surface area contributed by atoms with Crippen LogP contribution in [-0.2, 0) is 4.79 Å². The van der Waals surface area contributed by atoms with E-state index in [1.54, 1.807) is 4.90 Å². The Bertz CT molecular complexity index is 991. The summed E-state index contributed by atoms with van der Waals surface area (Å²) in [6.45, 7) is 0. The van der Waals surface area contributed by atoms with Crippen molar-refractivity contribution in [2.45, 2.75) is 6.04 Å². The molecule has 1 unspecified atom stereocenters. The van der Waals surface area contributed by atoms with Gasteiger partial charge in [0.25, 0.3) is 5.91 Å². The number of halogens is 2. The Kier molecular flexibility index (Phi) is 5.12. The molecule has 27 heavy (non-hydrogen) atoms. The van der Waals surface area contributed by atoms with Gasteiger partial charge in [0, 0.05) is 14.6 Å². The molecule has 0 bridgehead atoms. The number of anilines is 2. The highest BCUT2D eigenvalue weighted by Gasteiger charge is 2.44. The van der Waals surface area contributed by atoms with E-state index in [1.165, 1.54) is 0 Å². The first-order valence-electron chi connectivity index (χ1n) is 8.29. The molecule has 0 aromatic heterocycles. The van der Waals surface area contributed by atoms with Crippen molar-refractivity contribution in [1.82, 2.24) is 0 Å². The molecule has 0 spiro atoms. The third kappa shape index (κ3) is 3.45. The summed E-state index contributed by atoms with van der Waals surface area (Å²) < 4.78 is 1.93. The van der Waals surface area contributed by atoms with Crippen molar-refractivity contribution < 1.29 is 4.79 Å². The van der Waals surface area contributed by atoms with Crippen molar-refractivity contribution in [2.75, 3.05) is 9.80 Å². The minimum Gasteiger partial charge on any atom is -0.302 e. The molecule has 6 heteroatoms. The van der Waals surface area contributed by atoms with Crippen LogP contribution in [0.15, 0.2) is 87.8 Å². The maximum absolute atomic E-state index is 13.4. The Balaban J connectivity index is 1.83.